The second-order valence-electron chi connectivity index (χ2n) is 4.80. The fourth-order valence-corrected chi connectivity index (χ4v) is 2.88. The number of sulfonamides is 1. The van der Waals surface area contributed by atoms with E-state index in [2.05, 4.69) is 9.88 Å². The number of benzene rings is 1. The number of nitrogens with one attached hydrogen (secondary N) is 1. The van der Waals surface area contributed by atoms with E-state index in [0.717, 1.165) is 18.4 Å². The molecule has 0 bridgehead atoms. The monoisotopic (exact) mass is 309 g/mol. The molecule has 0 unspecified atom stereocenters. The van der Waals surface area contributed by atoms with Crippen LogP contribution in [0.1, 0.15) is 23.4 Å². The van der Waals surface area contributed by atoms with Gasteiger partial charge in [-0.2, -0.15) is 0 Å². The van der Waals surface area contributed by atoms with Gasteiger partial charge in [-0.1, -0.05) is 17.3 Å². The summed E-state index contributed by atoms with van der Waals surface area (Å²) in [7, 11) is -3.55. The number of aryl methyl sites for hydroxylation is 2. The molecule has 114 valence electrons. The summed E-state index contributed by atoms with van der Waals surface area (Å²) in [4.78, 5) is 0.232. The second-order valence-corrected chi connectivity index (χ2v) is 6.56. The van der Waals surface area contributed by atoms with Crippen LogP contribution < -0.4 is 10.5 Å². The molecule has 6 nitrogen and oxygen atoms in total. The van der Waals surface area contributed by atoms with Gasteiger partial charge in [0.2, 0.25) is 10.0 Å². The summed E-state index contributed by atoms with van der Waals surface area (Å²) in [5.41, 5.74) is 7.24. The maximum atomic E-state index is 12.1. The highest BCUT2D eigenvalue weighted by molar-refractivity contribution is 7.89. The van der Waals surface area contributed by atoms with E-state index in [0.29, 0.717) is 18.0 Å². The summed E-state index contributed by atoms with van der Waals surface area (Å²) in [6.45, 7) is 2.48. The van der Waals surface area contributed by atoms with Gasteiger partial charge in [0.05, 0.1) is 17.1 Å². The minimum Gasteiger partial charge on any atom is -0.360 e. The molecule has 0 fully saturated rings. The molecule has 0 saturated heterocycles. The van der Waals surface area contributed by atoms with Gasteiger partial charge in [-0.15, -0.1) is 0 Å². The Kier molecular flexibility index (Phi) is 5.11. The van der Waals surface area contributed by atoms with Gasteiger partial charge in [0.1, 0.15) is 0 Å². The molecule has 7 heteroatoms. The third-order valence-corrected chi connectivity index (χ3v) is 4.43. The predicted molar refractivity (Wildman–Crippen MR) is 79.1 cm³/mol. The Balaban J connectivity index is 2.01. The number of hydrogen-bond acceptors (Lipinski definition) is 5. The maximum Gasteiger partial charge on any atom is 0.240 e. The molecule has 1 aromatic heterocycles. The number of hydrogen-bond donors (Lipinski definition) is 2. The van der Waals surface area contributed by atoms with E-state index in [-0.39, 0.29) is 11.4 Å². The van der Waals surface area contributed by atoms with Crippen molar-refractivity contribution in [3.8, 4) is 0 Å². The Morgan fingerprint density at radius 2 is 2.00 bits per heavy atom. The first kappa shape index (κ1) is 15.7. The fraction of sp³-hybridized carbons (Fsp3) is 0.357. The molecule has 21 heavy (non-hydrogen) atoms. The highest BCUT2D eigenvalue weighted by Crippen LogP contribution is 2.12. The Bertz CT molecular complexity index is 678. The third-order valence-electron chi connectivity index (χ3n) is 3.02. The van der Waals surface area contributed by atoms with E-state index in [9.17, 15) is 8.42 Å². The molecule has 0 amide bonds. The quantitative estimate of drug-likeness (QED) is 0.804. The molecule has 0 aliphatic carbocycles. The van der Waals surface area contributed by atoms with Crippen LogP contribution in [0.3, 0.4) is 0 Å². The third kappa shape index (κ3) is 4.38. The number of nitrogens with zero attached hydrogens (tertiary/aromatic N) is 1. The van der Waals surface area contributed by atoms with Crippen LogP contribution >= 0.6 is 0 Å². The van der Waals surface area contributed by atoms with Crippen molar-refractivity contribution >= 4 is 10.0 Å². The zero-order valence-corrected chi connectivity index (χ0v) is 12.7. The topological polar surface area (TPSA) is 98.2 Å². The van der Waals surface area contributed by atoms with Crippen LogP contribution in [0.5, 0.6) is 0 Å². The lowest BCUT2D eigenvalue weighted by molar-refractivity contribution is 0.377. The number of nitrogens with two attached hydrogens (primary N) is 1. The van der Waals surface area contributed by atoms with E-state index in [4.69, 9.17) is 10.3 Å². The first-order chi connectivity index (χ1) is 10.0. The van der Waals surface area contributed by atoms with Crippen LogP contribution in [-0.4, -0.2) is 20.1 Å². The molecule has 2 aromatic rings. The zero-order chi connectivity index (χ0) is 15.3. The maximum absolute atomic E-state index is 12.1. The molecule has 3 N–H and O–H groups in total. The molecule has 1 heterocycles. The van der Waals surface area contributed by atoms with Gasteiger partial charge in [0, 0.05) is 6.07 Å². The molecule has 1 aromatic carbocycles. The van der Waals surface area contributed by atoms with Crippen molar-refractivity contribution < 1.29 is 12.9 Å². The van der Waals surface area contributed by atoms with E-state index in [1.54, 1.807) is 25.1 Å². The summed E-state index contributed by atoms with van der Waals surface area (Å²) in [6.07, 6.45) is 1.73. The summed E-state index contributed by atoms with van der Waals surface area (Å²) >= 11 is 0. The molecule has 0 radical (unpaired) electrons. The molecule has 0 saturated carbocycles. The van der Waals surface area contributed by atoms with Crippen LogP contribution in [0.2, 0.25) is 0 Å². The lowest BCUT2D eigenvalue weighted by Gasteiger charge is -2.06. The van der Waals surface area contributed by atoms with Gasteiger partial charge in [0.25, 0.3) is 0 Å². The lowest BCUT2D eigenvalue weighted by Crippen LogP contribution is -2.23. The van der Waals surface area contributed by atoms with Crippen LogP contribution in [0, 0.1) is 6.92 Å². The molecule has 0 aliphatic heterocycles. The zero-order valence-electron chi connectivity index (χ0n) is 11.9. The Morgan fingerprint density at radius 1 is 1.29 bits per heavy atom. The van der Waals surface area contributed by atoms with Gasteiger partial charge < -0.3 is 10.3 Å². The summed E-state index contributed by atoms with van der Waals surface area (Å²) in [5.74, 6) is 0.482. The van der Waals surface area contributed by atoms with Crippen LogP contribution in [-0.2, 0) is 23.0 Å². The van der Waals surface area contributed by atoms with Gasteiger partial charge in [-0.25, -0.2) is 13.1 Å². The van der Waals surface area contributed by atoms with Crippen molar-refractivity contribution in [2.75, 3.05) is 6.54 Å². The fourth-order valence-electron chi connectivity index (χ4n) is 1.89. The molecular weight excluding hydrogens is 290 g/mol. The van der Waals surface area contributed by atoms with E-state index in [1.165, 1.54) is 0 Å². The van der Waals surface area contributed by atoms with Crippen molar-refractivity contribution in [3.05, 3.63) is 47.3 Å². The number of rotatable bonds is 7. The average molecular weight is 309 g/mol. The highest BCUT2D eigenvalue weighted by atomic mass is 32.2. The van der Waals surface area contributed by atoms with Crippen LogP contribution in [0.25, 0.3) is 0 Å². The standard InChI is InChI=1S/C14H19N3O3S/c1-11-9-13(20-17-11)10-16-21(18,19)14-6-4-12(5-7-14)3-2-8-15/h4-7,9,16H,2-3,8,10,15H2,1H3. The van der Waals surface area contributed by atoms with E-state index >= 15 is 0 Å². The van der Waals surface area contributed by atoms with Crippen LogP contribution in [0.15, 0.2) is 39.8 Å². The van der Waals surface area contributed by atoms with E-state index < -0.39 is 10.0 Å². The molecule has 0 atom stereocenters. The van der Waals surface area contributed by atoms with Crippen molar-refractivity contribution in [2.24, 2.45) is 5.73 Å². The molecule has 0 spiro atoms. The predicted octanol–water partition coefficient (Wildman–Crippen LogP) is 1.35. The smallest absolute Gasteiger partial charge is 0.240 e. The number of aromatic nitrogens is 1. The Labute approximate surface area is 124 Å². The van der Waals surface area contributed by atoms with Gasteiger partial charge in [0.15, 0.2) is 5.76 Å². The molecule has 2 rings (SSSR count). The SMILES string of the molecule is Cc1cc(CNS(=O)(=O)c2ccc(CCCN)cc2)on1. The Hall–Kier alpha value is -1.70. The first-order valence-electron chi connectivity index (χ1n) is 6.72. The van der Waals surface area contributed by atoms with Crippen molar-refractivity contribution in [1.82, 2.24) is 9.88 Å². The normalized spacial score (nSPS) is 11.7. The van der Waals surface area contributed by atoms with Crippen molar-refractivity contribution in [2.45, 2.75) is 31.2 Å². The van der Waals surface area contributed by atoms with Gasteiger partial charge >= 0.3 is 0 Å². The summed E-state index contributed by atoms with van der Waals surface area (Å²) in [6, 6.07) is 8.50. The molecule has 0 aliphatic rings. The second kappa shape index (κ2) is 6.84. The minimum atomic E-state index is -3.55. The highest BCUT2D eigenvalue weighted by Gasteiger charge is 2.14. The first-order valence-corrected chi connectivity index (χ1v) is 8.20. The van der Waals surface area contributed by atoms with Gasteiger partial charge in [-0.05, 0) is 44.0 Å². The van der Waals surface area contributed by atoms with Gasteiger partial charge in [-0.3, -0.25) is 0 Å². The van der Waals surface area contributed by atoms with Crippen molar-refractivity contribution in [1.29, 1.82) is 0 Å². The average Bonchev–Trinajstić information content (AvgIpc) is 2.89. The van der Waals surface area contributed by atoms with Crippen molar-refractivity contribution in [3.63, 3.8) is 0 Å². The largest absolute Gasteiger partial charge is 0.360 e. The lowest BCUT2D eigenvalue weighted by atomic mass is 10.1. The van der Waals surface area contributed by atoms with Crippen LogP contribution in [0.4, 0.5) is 0 Å². The minimum absolute atomic E-state index is 0.0814. The van der Waals surface area contributed by atoms with E-state index in [1.807, 2.05) is 12.1 Å². The summed E-state index contributed by atoms with van der Waals surface area (Å²) < 4.78 is 31.7. The molecular formula is C14H19N3O3S. The Morgan fingerprint density at radius 3 is 2.57 bits per heavy atom. The summed E-state index contributed by atoms with van der Waals surface area (Å²) in [5, 5.41) is 3.71.